The quantitative estimate of drug-likeness (QED) is 0.881. The van der Waals surface area contributed by atoms with Crippen LogP contribution >= 0.6 is 0 Å². The molecule has 0 unspecified atom stereocenters. The van der Waals surface area contributed by atoms with Gasteiger partial charge in [-0.3, -0.25) is 0 Å². The Morgan fingerprint density at radius 3 is 2.52 bits per heavy atom. The van der Waals surface area contributed by atoms with Gasteiger partial charge in [0.25, 0.3) is 0 Å². The Kier molecular flexibility index (Phi) is 4.11. The molecule has 0 aliphatic carbocycles. The number of ether oxygens (including phenoxy) is 1. The molecule has 4 nitrogen and oxygen atoms in total. The van der Waals surface area contributed by atoms with Gasteiger partial charge in [-0.1, -0.05) is 6.92 Å². The average molecular weight is 299 g/mol. The van der Waals surface area contributed by atoms with E-state index in [9.17, 15) is 13.2 Å². The molecule has 21 heavy (non-hydrogen) atoms. The van der Waals surface area contributed by atoms with Crippen molar-refractivity contribution in [1.29, 1.82) is 0 Å². The third-order valence-corrected chi connectivity index (χ3v) is 3.32. The molecule has 0 radical (unpaired) electrons. The molecule has 1 aromatic heterocycles. The zero-order valence-electron chi connectivity index (χ0n) is 12.0. The lowest BCUT2D eigenvalue weighted by Gasteiger charge is -2.12. The van der Waals surface area contributed by atoms with Crippen LogP contribution in [-0.4, -0.2) is 16.4 Å². The normalized spacial score (nSPS) is 11.2. The smallest absolute Gasteiger partial charge is 0.387 e. The van der Waals surface area contributed by atoms with Crippen LogP contribution in [0.15, 0.2) is 12.1 Å². The van der Waals surface area contributed by atoms with Gasteiger partial charge in [0.1, 0.15) is 0 Å². The SMILES string of the molecule is CCc1c(C)nn(-c2cc(OC(F)F)c(F)cc2N)c1C. The van der Waals surface area contributed by atoms with Crippen LogP contribution in [-0.2, 0) is 6.42 Å². The Morgan fingerprint density at radius 1 is 1.33 bits per heavy atom. The lowest BCUT2D eigenvalue weighted by Crippen LogP contribution is -2.08. The van der Waals surface area contributed by atoms with Crippen molar-refractivity contribution in [3.05, 3.63) is 34.9 Å². The molecule has 1 aromatic carbocycles. The summed E-state index contributed by atoms with van der Waals surface area (Å²) in [5.74, 6) is -1.49. The van der Waals surface area contributed by atoms with E-state index in [1.807, 2.05) is 20.8 Å². The highest BCUT2D eigenvalue weighted by Gasteiger charge is 2.18. The van der Waals surface area contributed by atoms with E-state index >= 15 is 0 Å². The van der Waals surface area contributed by atoms with Gasteiger partial charge in [-0.15, -0.1) is 0 Å². The molecule has 0 bridgehead atoms. The van der Waals surface area contributed by atoms with E-state index in [4.69, 9.17) is 5.73 Å². The van der Waals surface area contributed by atoms with Crippen molar-refractivity contribution in [2.24, 2.45) is 0 Å². The fraction of sp³-hybridized carbons (Fsp3) is 0.357. The summed E-state index contributed by atoms with van der Waals surface area (Å²) in [6, 6.07) is 2.09. The lowest BCUT2D eigenvalue weighted by molar-refractivity contribution is -0.0521. The number of alkyl halides is 2. The maximum absolute atomic E-state index is 13.6. The van der Waals surface area contributed by atoms with Crippen LogP contribution < -0.4 is 10.5 Å². The van der Waals surface area contributed by atoms with Gasteiger partial charge >= 0.3 is 6.61 Å². The first-order chi connectivity index (χ1) is 9.85. The second-order valence-electron chi connectivity index (χ2n) is 4.63. The minimum Gasteiger partial charge on any atom is -0.432 e. The summed E-state index contributed by atoms with van der Waals surface area (Å²) in [5, 5.41) is 4.33. The molecule has 2 rings (SSSR count). The summed E-state index contributed by atoms with van der Waals surface area (Å²) < 4.78 is 43.9. The molecule has 114 valence electrons. The summed E-state index contributed by atoms with van der Waals surface area (Å²) >= 11 is 0. The number of nitrogen functional groups attached to an aromatic ring is 1. The topological polar surface area (TPSA) is 53.1 Å². The van der Waals surface area contributed by atoms with Crippen molar-refractivity contribution in [2.45, 2.75) is 33.8 Å². The fourth-order valence-corrected chi connectivity index (χ4v) is 2.35. The third-order valence-electron chi connectivity index (χ3n) is 3.32. The Hall–Kier alpha value is -2.18. The first-order valence-electron chi connectivity index (χ1n) is 6.44. The van der Waals surface area contributed by atoms with E-state index in [1.54, 1.807) is 0 Å². The van der Waals surface area contributed by atoms with Crippen LogP contribution in [0, 0.1) is 19.7 Å². The Balaban J connectivity index is 2.58. The third kappa shape index (κ3) is 2.81. The average Bonchev–Trinajstić information content (AvgIpc) is 2.67. The maximum atomic E-state index is 13.6. The van der Waals surface area contributed by atoms with Gasteiger partial charge in [0, 0.05) is 17.8 Å². The molecule has 2 N–H and O–H groups in total. The van der Waals surface area contributed by atoms with Gasteiger partial charge in [0.15, 0.2) is 11.6 Å². The zero-order valence-corrected chi connectivity index (χ0v) is 12.0. The predicted octanol–water partition coefficient (Wildman–Crippen LogP) is 3.37. The van der Waals surface area contributed by atoms with E-state index in [0.717, 1.165) is 35.5 Å². The summed E-state index contributed by atoms with van der Waals surface area (Å²) in [7, 11) is 0. The van der Waals surface area contributed by atoms with Crippen LogP contribution in [0.5, 0.6) is 5.75 Å². The number of rotatable bonds is 4. The minimum absolute atomic E-state index is 0.0994. The fourth-order valence-electron chi connectivity index (χ4n) is 2.35. The summed E-state index contributed by atoms with van der Waals surface area (Å²) in [5.41, 5.74) is 8.87. The Labute approximate surface area is 120 Å². The maximum Gasteiger partial charge on any atom is 0.387 e. The molecule has 0 spiro atoms. The van der Waals surface area contributed by atoms with Gasteiger partial charge < -0.3 is 10.5 Å². The number of aromatic nitrogens is 2. The second kappa shape index (κ2) is 5.67. The largest absolute Gasteiger partial charge is 0.432 e. The van der Waals surface area contributed by atoms with E-state index in [2.05, 4.69) is 9.84 Å². The Bertz CT molecular complexity index is 668. The van der Waals surface area contributed by atoms with Crippen molar-refractivity contribution in [2.75, 3.05) is 5.73 Å². The number of anilines is 1. The molecule has 0 saturated heterocycles. The number of aryl methyl sites for hydroxylation is 1. The van der Waals surface area contributed by atoms with Crippen LogP contribution in [0.2, 0.25) is 0 Å². The van der Waals surface area contributed by atoms with Crippen molar-refractivity contribution < 1.29 is 17.9 Å². The molecule has 2 aromatic rings. The molecule has 7 heteroatoms. The zero-order chi connectivity index (χ0) is 15.7. The van der Waals surface area contributed by atoms with E-state index in [0.29, 0.717) is 5.69 Å². The van der Waals surface area contributed by atoms with Crippen LogP contribution in [0.25, 0.3) is 5.69 Å². The van der Waals surface area contributed by atoms with Crippen molar-refractivity contribution in [1.82, 2.24) is 9.78 Å². The number of hydrogen-bond acceptors (Lipinski definition) is 3. The minimum atomic E-state index is -3.11. The van der Waals surface area contributed by atoms with E-state index in [-0.39, 0.29) is 5.69 Å². The molecule has 0 atom stereocenters. The highest BCUT2D eigenvalue weighted by Crippen LogP contribution is 2.30. The highest BCUT2D eigenvalue weighted by atomic mass is 19.3. The van der Waals surface area contributed by atoms with Crippen LogP contribution in [0.3, 0.4) is 0 Å². The molecule has 0 aliphatic rings. The van der Waals surface area contributed by atoms with Gasteiger partial charge in [-0.2, -0.15) is 13.9 Å². The molecule has 0 aliphatic heterocycles. The van der Waals surface area contributed by atoms with Gasteiger partial charge in [-0.25, -0.2) is 9.07 Å². The molecular weight excluding hydrogens is 283 g/mol. The number of nitrogens with two attached hydrogens (primary N) is 1. The van der Waals surface area contributed by atoms with E-state index in [1.165, 1.54) is 4.68 Å². The first-order valence-corrected chi connectivity index (χ1v) is 6.44. The number of benzene rings is 1. The van der Waals surface area contributed by atoms with Crippen molar-refractivity contribution in [3.63, 3.8) is 0 Å². The van der Waals surface area contributed by atoms with Crippen molar-refractivity contribution >= 4 is 5.69 Å². The predicted molar refractivity (Wildman–Crippen MR) is 73.4 cm³/mol. The number of hydrogen-bond donors (Lipinski definition) is 1. The van der Waals surface area contributed by atoms with E-state index < -0.39 is 18.2 Å². The first kappa shape index (κ1) is 15.2. The molecule has 0 fully saturated rings. The molecular formula is C14H16F3N3O. The van der Waals surface area contributed by atoms with Gasteiger partial charge in [-0.05, 0) is 25.8 Å². The second-order valence-corrected chi connectivity index (χ2v) is 4.63. The van der Waals surface area contributed by atoms with Gasteiger partial charge in [0.2, 0.25) is 0 Å². The summed E-state index contributed by atoms with van der Waals surface area (Å²) in [6.45, 7) is 2.57. The van der Waals surface area contributed by atoms with Crippen LogP contribution in [0.1, 0.15) is 23.9 Å². The number of halogens is 3. The summed E-state index contributed by atoms with van der Waals surface area (Å²) in [4.78, 5) is 0. The number of nitrogens with zero attached hydrogens (tertiary/aromatic N) is 2. The molecule has 0 saturated carbocycles. The lowest BCUT2D eigenvalue weighted by atomic mass is 10.1. The Morgan fingerprint density at radius 2 is 2.00 bits per heavy atom. The highest BCUT2D eigenvalue weighted by molar-refractivity contribution is 5.61. The monoisotopic (exact) mass is 299 g/mol. The standard InChI is InChI=1S/C14H16F3N3O/c1-4-9-7(2)19-20(8(9)3)12-6-13(21-14(16)17)10(15)5-11(12)18/h5-6,14H,4,18H2,1-3H3. The molecule has 1 heterocycles. The van der Waals surface area contributed by atoms with Crippen molar-refractivity contribution in [3.8, 4) is 11.4 Å². The van der Waals surface area contributed by atoms with Gasteiger partial charge in [0.05, 0.1) is 17.1 Å². The van der Waals surface area contributed by atoms with Crippen LogP contribution in [0.4, 0.5) is 18.9 Å². The molecule has 0 amide bonds. The summed E-state index contributed by atoms with van der Waals surface area (Å²) in [6.07, 6.45) is 0.777.